The van der Waals surface area contributed by atoms with E-state index in [-0.39, 0.29) is 12.4 Å². The minimum atomic E-state index is -0.252. The van der Waals surface area contributed by atoms with Gasteiger partial charge in [0.25, 0.3) is 0 Å². The Balaban J connectivity index is 2.62. The van der Waals surface area contributed by atoms with Crippen LogP contribution in [0.15, 0.2) is 17.4 Å². The van der Waals surface area contributed by atoms with E-state index in [2.05, 4.69) is 9.97 Å². The van der Waals surface area contributed by atoms with Crippen LogP contribution in [0.3, 0.4) is 0 Å². The summed E-state index contributed by atoms with van der Waals surface area (Å²) in [5, 5.41) is 0.673. The van der Waals surface area contributed by atoms with E-state index in [9.17, 15) is 4.79 Å². The Bertz CT molecular complexity index is 317. The molecule has 0 unspecified atom stereocenters. The summed E-state index contributed by atoms with van der Waals surface area (Å²) in [5.41, 5.74) is 0.697. The normalized spacial score (nSPS) is 9.86. The Labute approximate surface area is 87.1 Å². The van der Waals surface area contributed by atoms with Crippen LogP contribution in [0, 0.1) is 0 Å². The molecule has 0 atom stereocenters. The van der Waals surface area contributed by atoms with Crippen LogP contribution in [-0.2, 0) is 16.0 Å². The summed E-state index contributed by atoms with van der Waals surface area (Å²) >= 11 is 1.45. The van der Waals surface area contributed by atoms with Gasteiger partial charge in [-0.25, -0.2) is 9.97 Å². The molecule has 0 radical (unpaired) electrons. The maximum absolute atomic E-state index is 11.1. The van der Waals surface area contributed by atoms with Crippen molar-refractivity contribution in [1.29, 1.82) is 0 Å². The van der Waals surface area contributed by atoms with Gasteiger partial charge in [-0.1, -0.05) is 11.8 Å². The maximum Gasteiger partial charge on any atom is 0.311 e. The Morgan fingerprint density at radius 1 is 1.64 bits per heavy atom. The third kappa shape index (κ3) is 3.33. The van der Waals surface area contributed by atoms with Crippen molar-refractivity contribution in [2.24, 2.45) is 0 Å². The lowest BCUT2D eigenvalue weighted by molar-refractivity contribution is -0.142. The minimum absolute atomic E-state index is 0.212. The van der Waals surface area contributed by atoms with Gasteiger partial charge in [-0.2, -0.15) is 0 Å². The third-order valence-electron chi connectivity index (χ3n) is 1.50. The monoisotopic (exact) mass is 212 g/mol. The number of thioether (sulfide) groups is 1. The molecule has 0 saturated carbocycles. The van der Waals surface area contributed by atoms with Crippen molar-refractivity contribution in [1.82, 2.24) is 9.97 Å². The van der Waals surface area contributed by atoms with Gasteiger partial charge in [0.1, 0.15) is 0 Å². The molecular formula is C9H12N2O2S. The third-order valence-corrected chi connectivity index (χ3v) is 2.07. The second-order valence-electron chi connectivity index (χ2n) is 2.52. The van der Waals surface area contributed by atoms with Crippen molar-refractivity contribution in [2.45, 2.75) is 18.5 Å². The lowest BCUT2D eigenvalue weighted by atomic mass is 10.3. The average molecular weight is 212 g/mol. The molecular weight excluding hydrogens is 200 g/mol. The van der Waals surface area contributed by atoms with Crippen LogP contribution < -0.4 is 0 Å². The summed E-state index contributed by atoms with van der Waals surface area (Å²) in [6, 6.07) is 1.72. The number of ether oxygens (including phenoxy) is 1. The molecule has 4 nitrogen and oxygen atoms in total. The van der Waals surface area contributed by atoms with Gasteiger partial charge in [0.15, 0.2) is 5.16 Å². The van der Waals surface area contributed by atoms with E-state index in [1.807, 2.05) is 6.26 Å². The highest BCUT2D eigenvalue weighted by atomic mass is 32.2. The SMILES string of the molecule is CCOC(=O)Cc1ccnc(SC)n1. The number of esters is 1. The van der Waals surface area contributed by atoms with Gasteiger partial charge in [0.05, 0.1) is 18.7 Å². The van der Waals surface area contributed by atoms with E-state index in [1.165, 1.54) is 11.8 Å². The number of aromatic nitrogens is 2. The molecule has 5 heteroatoms. The molecule has 0 spiro atoms. The largest absolute Gasteiger partial charge is 0.466 e. The molecule has 1 aromatic heterocycles. The van der Waals surface area contributed by atoms with Crippen molar-refractivity contribution in [3.05, 3.63) is 18.0 Å². The predicted octanol–water partition coefficient (Wildman–Crippen LogP) is 1.30. The fourth-order valence-corrected chi connectivity index (χ4v) is 1.31. The second-order valence-corrected chi connectivity index (χ2v) is 3.29. The molecule has 76 valence electrons. The quantitative estimate of drug-likeness (QED) is 0.428. The zero-order chi connectivity index (χ0) is 10.4. The van der Waals surface area contributed by atoms with Gasteiger partial charge in [-0.3, -0.25) is 4.79 Å². The van der Waals surface area contributed by atoms with Crippen LogP contribution in [0.4, 0.5) is 0 Å². The number of rotatable bonds is 4. The molecule has 0 fully saturated rings. The standard InChI is InChI=1S/C9H12N2O2S/c1-3-13-8(12)6-7-4-5-10-9(11-7)14-2/h4-5H,3,6H2,1-2H3. The van der Waals surface area contributed by atoms with Crippen LogP contribution in [-0.4, -0.2) is 28.8 Å². The number of nitrogens with zero attached hydrogens (tertiary/aromatic N) is 2. The van der Waals surface area contributed by atoms with Gasteiger partial charge in [0, 0.05) is 6.20 Å². The van der Waals surface area contributed by atoms with Crippen molar-refractivity contribution in [3.8, 4) is 0 Å². The first-order chi connectivity index (χ1) is 6.76. The molecule has 1 heterocycles. The van der Waals surface area contributed by atoms with Crippen LogP contribution in [0.5, 0.6) is 0 Å². The van der Waals surface area contributed by atoms with Gasteiger partial charge in [-0.15, -0.1) is 0 Å². The van der Waals surface area contributed by atoms with Gasteiger partial charge < -0.3 is 4.74 Å². The van der Waals surface area contributed by atoms with Crippen molar-refractivity contribution in [2.75, 3.05) is 12.9 Å². The zero-order valence-electron chi connectivity index (χ0n) is 8.19. The molecule has 0 aliphatic rings. The number of carbonyl (C=O) groups excluding carboxylic acids is 1. The lowest BCUT2D eigenvalue weighted by Crippen LogP contribution is -2.09. The summed E-state index contributed by atoms with van der Waals surface area (Å²) in [6.07, 6.45) is 3.75. The van der Waals surface area contributed by atoms with Gasteiger partial charge in [-0.05, 0) is 19.2 Å². The topological polar surface area (TPSA) is 52.1 Å². The molecule has 0 N–H and O–H groups in total. The van der Waals surface area contributed by atoms with Crippen molar-refractivity contribution in [3.63, 3.8) is 0 Å². The molecule has 0 saturated heterocycles. The summed E-state index contributed by atoms with van der Waals surface area (Å²) < 4.78 is 4.81. The molecule has 1 aromatic rings. The fourth-order valence-electron chi connectivity index (χ4n) is 0.933. The van der Waals surface area contributed by atoms with Crippen molar-refractivity contribution >= 4 is 17.7 Å². The predicted molar refractivity (Wildman–Crippen MR) is 54.2 cm³/mol. The van der Waals surface area contributed by atoms with Crippen LogP contribution in [0.25, 0.3) is 0 Å². The summed E-state index contributed by atoms with van der Waals surface area (Å²) in [5.74, 6) is -0.252. The number of carbonyl (C=O) groups is 1. The Kier molecular flexibility index (Phi) is 4.39. The van der Waals surface area contributed by atoms with Crippen LogP contribution >= 0.6 is 11.8 Å². The van der Waals surface area contributed by atoms with Crippen LogP contribution in [0.1, 0.15) is 12.6 Å². The van der Waals surface area contributed by atoms with Gasteiger partial charge >= 0.3 is 5.97 Å². The first kappa shape index (κ1) is 11.0. The lowest BCUT2D eigenvalue weighted by Gasteiger charge is -2.01. The second kappa shape index (κ2) is 5.59. The van der Waals surface area contributed by atoms with E-state index >= 15 is 0 Å². The molecule has 0 aromatic carbocycles. The summed E-state index contributed by atoms with van der Waals surface area (Å²) in [7, 11) is 0. The smallest absolute Gasteiger partial charge is 0.311 e. The van der Waals surface area contributed by atoms with E-state index in [4.69, 9.17) is 4.74 Å². The highest BCUT2D eigenvalue weighted by Gasteiger charge is 2.05. The highest BCUT2D eigenvalue weighted by Crippen LogP contribution is 2.08. The number of hydrogen-bond donors (Lipinski definition) is 0. The average Bonchev–Trinajstić information content (AvgIpc) is 2.18. The van der Waals surface area contributed by atoms with E-state index in [0.29, 0.717) is 17.5 Å². The molecule has 0 bridgehead atoms. The Morgan fingerprint density at radius 3 is 3.07 bits per heavy atom. The summed E-state index contributed by atoms with van der Waals surface area (Å²) in [4.78, 5) is 19.3. The van der Waals surface area contributed by atoms with Crippen molar-refractivity contribution < 1.29 is 9.53 Å². The van der Waals surface area contributed by atoms with E-state index < -0.39 is 0 Å². The van der Waals surface area contributed by atoms with E-state index in [0.717, 1.165) is 0 Å². The highest BCUT2D eigenvalue weighted by molar-refractivity contribution is 7.98. The molecule has 0 aliphatic heterocycles. The fraction of sp³-hybridized carbons (Fsp3) is 0.444. The van der Waals surface area contributed by atoms with Crippen LogP contribution in [0.2, 0.25) is 0 Å². The Morgan fingerprint density at radius 2 is 2.43 bits per heavy atom. The number of hydrogen-bond acceptors (Lipinski definition) is 5. The van der Waals surface area contributed by atoms with Gasteiger partial charge in [0.2, 0.25) is 0 Å². The van der Waals surface area contributed by atoms with E-state index in [1.54, 1.807) is 19.2 Å². The molecule has 14 heavy (non-hydrogen) atoms. The Hall–Kier alpha value is -1.10. The summed E-state index contributed by atoms with van der Waals surface area (Å²) in [6.45, 7) is 2.19. The molecule has 0 amide bonds. The first-order valence-electron chi connectivity index (χ1n) is 4.27. The maximum atomic E-state index is 11.1. The minimum Gasteiger partial charge on any atom is -0.466 e. The first-order valence-corrected chi connectivity index (χ1v) is 5.50. The molecule has 0 aliphatic carbocycles. The molecule has 1 rings (SSSR count). The zero-order valence-corrected chi connectivity index (χ0v) is 9.00.